The third-order valence-electron chi connectivity index (χ3n) is 2.46. The van der Waals surface area contributed by atoms with Gasteiger partial charge in [-0.3, -0.25) is 9.59 Å². The third kappa shape index (κ3) is 6.04. The quantitative estimate of drug-likeness (QED) is 0.714. The number of carbonyl (C=O) groups excluding carboxylic acids is 2. The van der Waals surface area contributed by atoms with Gasteiger partial charge >= 0.3 is 0 Å². The summed E-state index contributed by atoms with van der Waals surface area (Å²) < 4.78 is 5.55. The molecular weight excluding hydrogens is 256 g/mol. The fourth-order valence-electron chi connectivity index (χ4n) is 1.53. The number of amides is 2. The smallest absolute Gasteiger partial charge is 0.224 e. The van der Waals surface area contributed by atoms with E-state index in [1.165, 1.54) is 0 Å². The normalized spacial score (nSPS) is 9.85. The molecule has 1 rings (SSSR count). The van der Waals surface area contributed by atoms with Gasteiger partial charge in [0.2, 0.25) is 11.8 Å². The number of para-hydroxylation sites is 2. The van der Waals surface area contributed by atoms with Gasteiger partial charge in [0.05, 0.1) is 5.69 Å². The first kappa shape index (κ1) is 15.8. The largest absolute Gasteiger partial charge is 0.487 e. The zero-order valence-electron chi connectivity index (χ0n) is 11.6. The van der Waals surface area contributed by atoms with Gasteiger partial charge in [-0.1, -0.05) is 18.7 Å². The van der Waals surface area contributed by atoms with Crippen LogP contribution in [0.1, 0.15) is 26.2 Å². The van der Waals surface area contributed by atoms with E-state index in [-0.39, 0.29) is 18.7 Å². The van der Waals surface area contributed by atoms with Crippen LogP contribution in [0.5, 0.6) is 5.75 Å². The number of primary amides is 1. The molecule has 0 fully saturated rings. The molecule has 3 N–H and O–H groups in total. The summed E-state index contributed by atoms with van der Waals surface area (Å²) in [7, 11) is 0. The molecule has 0 spiro atoms. The monoisotopic (exact) mass is 276 g/mol. The SMILES string of the molecule is C=C(C)COc1ccccc1NC(=O)CCCC(N)=O. The van der Waals surface area contributed by atoms with Crippen molar-refractivity contribution in [1.29, 1.82) is 0 Å². The Hall–Kier alpha value is -2.30. The number of nitrogens with two attached hydrogens (primary N) is 1. The van der Waals surface area contributed by atoms with Crippen LogP contribution < -0.4 is 15.8 Å². The molecule has 2 amide bonds. The third-order valence-corrected chi connectivity index (χ3v) is 2.46. The Balaban J connectivity index is 2.55. The van der Waals surface area contributed by atoms with Crippen LogP contribution in [0.25, 0.3) is 0 Å². The zero-order valence-corrected chi connectivity index (χ0v) is 11.6. The second-order valence-corrected chi connectivity index (χ2v) is 4.61. The number of carbonyl (C=O) groups is 2. The minimum atomic E-state index is -0.400. The van der Waals surface area contributed by atoms with E-state index in [4.69, 9.17) is 10.5 Å². The van der Waals surface area contributed by atoms with Gasteiger partial charge in [-0.05, 0) is 31.1 Å². The zero-order chi connectivity index (χ0) is 15.0. The van der Waals surface area contributed by atoms with E-state index in [0.29, 0.717) is 24.5 Å². The van der Waals surface area contributed by atoms with Gasteiger partial charge in [-0.15, -0.1) is 0 Å². The highest BCUT2D eigenvalue weighted by molar-refractivity contribution is 5.92. The van der Waals surface area contributed by atoms with Crippen molar-refractivity contribution in [3.8, 4) is 5.75 Å². The first-order valence-electron chi connectivity index (χ1n) is 6.43. The Morgan fingerprint density at radius 1 is 1.30 bits per heavy atom. The van der Waals surface area contributed by atoms with Crippen LogP contribution in [-0.4, -0.2) is 18.4 Å². The molecule has 0 aromatic heterocycles. The van der Waals surface area contributed by atoms with Crippen molar-refractivity contribution in [2.24, 2.45) is 5.73 Å². The lowest BCUT2D eigenvalue weighted by Crippen LogP contribution is -2.15. The van der Waals surface area contributed by atoms with Crippen molar-refractivity contribution in [2.45, 2.75) is 26.2 Å². The summed E-state index contributed by atoms with van der Waals surface area (Å²) in [5, 5.41) is 2.76. The molecule has 0 aliphatic rings. The summed E-state index contributed by atoms with van der Waals surface area (Å²) >= 11 is 0. The van der Waals surface area contributed by atoms with Crippen LogP contribution in [-0.2, 0) is 9.59 Å². The fraction of sp³-hybridized carbons (Fsp3) is 0.333. The van der Waals surface area contributed by atoms with Crippen molar-refractivity contribution in [3.05, 3.63) is 36.4 Å². The van der Waals surface area contributed by atoms with Crippen LogP contribution in [0.4, 0.5) is 5.69 Å². The van der Waals surface area contributed by atoms with Crippen molar-refractivity contribution in [1.82, 2.24) is 0 Å². The van der Waals surface area contributed by atoms with Crippen molar-refractivity contribution in [2.75, 3.05) is 11.9 Å². The van der Waals surface area contributed by atoms with E-state index < -0.39 is 5.91 Å². The van der Waals surface area contributed by atoms with E-state index in [1.807, 2.05) is 19.1 Å². The average molecular weight is 276 g/mol. The van der Waals surface area contributed by atoms with E-state index in [9.17, 15) is 9.59 Å². The molecule has 0 bridgehead atoms. The maximum absolute atomic E-state index is 11.7. The van der Waals surface area contributed by atoms with E-state index in [0.717, 1.165) is 5.57 Å². The second-order valence-electron chi connectivity index (χ2n) is 4.61. The Morgan fingerprint density at radius 3 is 2.65 bits per heavy atom. The van der Waals surface area contributed by atoms with Gasteiger partial charge in [0, 0.05) is 12.8 Å². The first-order chi connectivity index (χ1) is 9.49. The number of nitrogens with one attached hydrogen (secondary N) is 1. The number of ether oxygens (including phenoxy) is 1. The predicted molar refractivity (Wildman–Crippen MR) is 78.4 cm³/mol. The molecule has 1 aromatic rings. The molecule has 0 atom stereocenters. The Bertz CT molecular complexity index is 498. The minimum Gasteiger partial charge on any atom is -0.487 e. The lowest BCUT2D eigenvalue weighted by molar-refractivity contribution is -0.118. The molecule has 0 aliphatic heterocycles. The topological polar surface area (TPSA) is 81.4 Å². The number of anilines is 1. The lowest BCUT2D eigenvalue weighted by Gasteiger charge is -2.12. The van der Waals surface area contributed by atoms with Crippen LogP contribution in [0.15, 0.2) is 36.4 Å². The molecular formula is C15H20N2O3. The van der Waals surface area contributed by atoms with Gasteiger partial charge in [0.15, 0.2) is 0 Å². The summed E-state index contributed by atoms with van der Waals surface area (Å²) in [5.41, 5.74) is 6.53. The van der Waals surface area contributed by atoms with Gasteiger partial charge in [0.1, 0.15) is 12.4 Å². The maximum atomic E-state index is 11.7. The molecule has 20 heavy (non-hydrogen) atoms. The Labute approximate surface area is 118 Å². The van der Waals surface area contributed by atoms with Crippen LogP contribution in [0, 0.1) is 0 Å². The predicted octanol–water partition coefficient (Wildman–Crippen LogP) is 2.24. The standard InChI is InChI=1S/C15H20N2O3/c1-11(2)10-20-13-7-4-3-6-12(13)17-15(19)9-5-8-14(16)18/h3-4,6-7H,1,5,8-10H2,2H3,(H2,16,18)(H,17,19). The molecule has 108 valence electrons. The molecule has 5 nitrogen and oxygen atoms in total. The summed E-state index contributed by atoms with van der Waals surface area (Å²) in [6.45, 7) is 6.03. The molecule has 5 heteroatoms. The molecule has 0 aliphatic carbocycles. The van der Waals surface area contributed by atoms with E-state index >= 15 is 0 Å². The van der Waals surface area contributed by atoms with Gasteiger partial charge in [-0.25, -0.2) is 0 Å². The molecule has 0 saturated carbocycles. The van der Waals surface area contributed by atoms with Crippen molar-refractivity contribution < 1.29 is 14.3 Å². The summed E-state index contributed by atoms with van der Waals surface area (Å²) in [6, 6.07) is 7.19. The van der Waals surface area contributed by atoms with Crippen LogP contribution >= 0.6 is 0 Å². The average Bonchev–Trinajstić information content (AvgIpc) is 2.37. The van der Waals surface area contributed by atoms with E-state index in [1.54, 1.807) is 12.1 Å². The summed E-state index contributed by atoms with van der Waals surface area (Å²) in [5.74, 6) is 0.0272. The van der Waals surface area contributed by atoms with E-state index in [2.05, 4.69) is 11.9 Å². The van der Waals surface area contributed by atoms with Gasteiger partial charge in [0.25, 0.3) is 0 Å². The molecule has 1 aromatic carbocycles. The molecule has 0 saturated heterocycles. The summed E-state index contributed by atoms with van der Waals surface area (Å²) in [4.78, 5) is 22.4. The highest BCUT2D eigenvalue weighted by Crippen LogP contribution is 2.24. The molecule has 0 heterocycles. The number of benzene rings is 1. The second kappa shape index (κ2) is 7.99. The highest BCUT2D eigenvalue weighted by atomic mass is 16.5. The summed E-state index contributed by atoms with van der Waals surface area (Å²) in [6.07, 6.45) is 0.898. The number of hydrogen-bond acceptors (Lipinski definition) is 3. The lowest BCUT2D eigenvalue weighted by atomic mass is 10.2. The molecule has 0 radical (unpaired) electrons. The van der Waals surface area contributed by atoms with Crippen molar-refractivity contribution >= 4 is 17.5 Å². The maximum Gasteiger partial charge on any atom is 0.224 e. The van der Waals surface area contributed by atoms with Crippen LogP contribution in [0.2, 0.25) is 0 Å². The van der Waals surface area contributed by atoms with Crippen molar-refractivity contribution in [3.63, 3.8) is 0 Å². The fourth-order valence-corrected chi connectivity index (χ4v) is 1.53. The number of rotatable bonds is 8. The first-order valence-corrected chi connectivity index (χ1v) is 6.43. The van der Waals surface area contributed by atoms with Gasteiger partial charge in [-0.2, -0.15) is 0 Å². The Morgan fingerprint density at radius 2 is 2.00 bits per heavy atom. The van der Waals surface area contributed by atoms with Crippen LogP contribution in [0.3, 0.4) is 0 Å². The highest BCUT2D eigenvalue weighted by Gasteiger charge is 2.08. The Kier molecular flexibility index (Phi) is 6.29. The van der Waals surface area contributed by atoms with Gasteiger partial charge < -0.3 is 15.8 Å². The number of hydrogen-bond donors (Lipinski definition) is 2. The molecule has 0 unspecified atom stereocenters. The minimum absolute atomic E-state index is 0.169.